The number of aryl methyl sites for hydroxylation is 1. The van der Waals surface area contributed by atoms with Crippen LogP contribution in [0.5, 0.6) is 0 Å². The van der Waals surface area contributed by atoms with Crippen LogP contribution in [0.1, 0.15) is 27.2 Å². The Morgan fingerprint density at radius 1 is 1.04 bits per heavy atom. The highest BCUT2D eigenvalue weighted by Gasteiger charge is 2.09. The largest absolute Gasteiger partial charge is 0.366 e. The summed E-state index contributed by atoms with van der Waals surface area (Å²) in [6.45, 7) is 3.11. The second kappa shape index (κ2) is 8.45. The molecule has 0 aliphatic carbocycles. The van der Waals surface area contributed by atoms with Crippen molar-refractivity contribution in [3.8, 4) is 0 Å². The highest BCUT2D eigenvalue weighted by molar-refractivity contribution is 6.30. The van der Waals surface area contributed by atoms with Crippen LogP contribution in [-0.2, 0) is 13.1 Å². The summed E-state index contributed by atoms with van der Waals surface area (Å²) in [5.41, 5.74) is 3.67. The Hall–Kier alpha value is -2.92. The van der Waals surface area contributed by atoms with E-state index < -0.39 is 0 Å². The lowest BCUT2D eigenvalue weighted by molar-refractivity contribution is 0.0946. The first-order valence-electron chi connectivity index (χ1n) is 8.25. The number of carbonyl (C=O) groups is 1. The van der Waals surface area contributed by atoms with Gasteiger partial charge in [0.15, 0.2) is 0 Å². The van der Waals surface area contributed by atoms with Crippen LogP contribution >= 0.6 is 11.6 Å². The van der Waals surface area contributed by atoms with Gasteiger partial charge >= 0.3 is 0 Å². The molecular formula is C20H19ClN4O. The number of halogens is 1. The minimum atomic E-state index is -0.249. The van der Waals surface area contributed by atoms with Gasteiger partial charge in [-0.3, -0.25) is 4.79 Å². The second-order valence-corrected chi connectivity index (χ2v) is 6.31. The molecule has 1 heterocycles. The lowest BCUT2D eigenvalue weighted by atomic mass is 10.1. The summed E-state index contributed by atoms with van der Waals surface area (Å²) >= 11 is 5.86. The molecule has 0 saturated carbocycles. The van der Waals surface area contributed by atoms with E-state index in [-0.39, 0.29) is 5.91 Å². The number of amides is 1. The number of rotatable bonds is 6. The maximum Gasteiger partial charge on any atom is 0.270 e. The zero-order valence-electron chi connectivity index (χ0n) is 14.4. The standard InChI is InChI=1S/C20H19ClN4O/c1-14-4-2-3-5-16(14)12-22-19-10-18(24-13-25-19)20(26)23-11-15-6-8-17(21)9-7-15/h2-10,13H,11-12H2,1H3,(H,23,26)(H,22,24,25). The van der Waals surface area contributed by atoms with Gasteiger partial charge in [0.1, 0.15) is 17.8 Å². The van der Waals surface area contributed by atoms with Crippen molar-refractivity contribution in [2.75, 3.05) is 5.32 Å². The Kier molecular flexibility index (Phi) is 5.81. The highest BCUT2D eigenvalue weighted by Crippen LogP contribution is 2.12. The third-order valence-electron chi connectivity index (χ3n) is 3.99. The van der Waals surface area contributed by atoms with Gasteiger partial charge < -0.3 is 10.6 Å². The predicted octanol–water partition coefficient (Wildman–Crippen LogP) is 3.98. The molecule has 0 saturated heterocycles. The second-order valence-electron chi connectivity index (χ2n) is 5.88. The van der Waals surface area contributed by atoms with Crippen molar-refractivity contribution in [3.05, 3.63) is 88.3 Å². The van der Waals surface area contributed by atoms with E-state index >= 15 is 0 Å². The van der Waals surface area contributed by atoms with Crippen LogP contribution in [-0.4, -0.2) is 15.9 Å². The van der Waals surface area contributed by atoms with E-state index in [0.717, 1.165) is 5.56 Å². The van der Waals surface area contributed by atoms with Crippen LogP contribution < -0.4 is 10.6 Å². The molecule has 132 valence electrons. The van der Waals surface area contributed by atoms with Crippen LogP contribution in [0.4, 0.5) is 5.82 Å². The van der Waals surface area contributed by atoms with Crippen LogP contribution in [0.25, 0.3) is 0 Å². The molecule has 6 heteroatoms. The summed E-state index contributed by atoms with van der Waals surface area (Å²) in [6, 6.07) is 17.1. The molecule has 3 aromatic rings. The molecule has 0 radical (unpaired) electrons. The quantitative estimate of drug-likeness (QED) is 0.692. The average molecular weight is 367 g/mol. The first kappa shape index (κ1) is 17.9. The summed E-state index contributed by atoms with van der Waals surface area (Å²) in [5, 5.41) is 6.74. The smallest absolute Gasteiger partial charge is 0.270 e. The fourth-order valence-electron chi connectivity index (χ4n) is 2.45. The molecule has 1 aromatic heterocycles. The third kappa shape index (κ3) is 4.80. The Morgan fingerprint density at radius 2 is 1.81 bits per heavy atom. The molecule has 0 atom stereocenters. The number of nitrogens with one attached hydrogen (secondary N) is 2. The minimum absolute atomic E-state index is 0.249. The summed E-state index contributed by atoms with van der Waals surface area (Å²) in [7, 11) is 0. The van der Waals surface area contributed by atoms with E-state index in [4.69, 9.17) is 11.6 Å². The summed E-state index contributed by atoms with van der Waals surface area (Å²) in [5.74, 6) is 0.362. The molecule has 2 aromatic carbocycles. The van der Waals surface area contributed by atoms with E-state index in [0.29, 0.717) is 29.6 Å². The van der Waals surface area contributed by atoms with Gasteiger partial charge in [-0.2, -0.15) is 0 Å². The monoisotopic (exact) mass is 366 g/mol. The van der Waals surface area contributed by atoms with Crippen molar-refractivity contribution in [1.82, 2.24) is 15.3 Å². The predicted molar refractivity (Wildman–Crippen MR) is 103 cm³/mol. The van der Waals surface area contributed by atoms with Gasteiger partial charge in [0.25, 0.3) is 5.91 Å². The van der Waals surface area contributed by atoms with E-state index in [2.05, 4.69) is 39.7 Å². The van der Waals surface area contributed by atoms with E-state index in [1.54, 1.807) is 18.2 Å². The lowest BCUT2D eigenvalue weighted by Crippen LogP contribution is -2.24. The Bertz CT molecular complexity index is 896. The van der Waals surface area contributed by atoms with Crippen molar-refractivity contribution in [1.29, 1.82) is 0 Å². The van der Waals surface area contributed by atoms with Gasteiger partial charge in [0.05, 0.1) is 0 Å². The van der Waals surface area contributed by atoms with Gasteiger partial charge in [0.2, 0.25) is 0 Å². The highest BCUT2D eigenvalue weighted by atomic mass is 35.5. The summed E-state index contributed by atoms with van der Waals surface area (Å²) in [4.78, 5) is 20.5. The zero-order chi connectivity index (χ0) is 18.4. The van der Waals surface area contributed by atoms with Crippen molar-refractivity contribution >= 4 is 23.3 Å². The molecule has 2 N–H and O–H groups in total. The molecule has 0 spiro atoms. The van der Waals surface area contributed by atoms with Crippen LogP contribution in [0.2, 0.25) is 5.02 Å². The van der Waals surface area contributed by atoms with E-state index in [9.17, 15) is 4.79 Å². The number of aromatic nitrogens is 2. The number of carbonyl (C=O) groups excluding carboxylic acids is 1. The average Bonchev–Trinajstić information content (AvgIpc) is 2.67. The maximum atomic E-state index is 12.3. The van der Waals surface area contributed by atoms with Crippen LogP contribution in [0.15, 0.2) is 60.9 Å². The number of hydrogen-bond acceptors (Lipinski definition) is 4. The van der Waals surface area contributed by atoms with E-state index in [1.807, 2.05) is 24.3 Å². The molecular weight excluding hydrogens is 348 g/mol. The number of anilines is 1. The Labute approximate surface area is 157 Å². The van der Waals surface area contributed by atoms with Crippen molar-refractivity contribution < 1.29 is 4.79 Å². The number of hydrogen-bond donors (Lipinski definition) is 2. The molecule has 0 aliphatic rings. The normalized spacial score (nSPS) is 10.4. The van der Waals surface area contributed by atoms with Crippen LogP contribution in [0, 0.1) is 6.92 Å². The molecule has 0 fully saturated rings. The summed E-state index contributed by atoms with van der Waals surface area (Å²) < 4.78 is 0. The molecule has 0 aliphatic heterocycles. The number of nitrogens with zero attached hydrogens (tertiary/aromatic N) is 2. The molecule has 1 amide bonds. The Balaban J connectivity index is 1.60. The van der Waals surface area contributed by atoms with Crippen molar-refractivity contribution in [2.24, 2.45) is 0 Å². The fourth-order valence-corrected chi connectivity index (χ4v) is 2.57. The van der Waals surface area contributed by atoms with Gasteiger partial charge in [-0.1, -0.05) is 48.0 Å². The SMILES string of the molecule is Cc1ccccc1CNc1cc(C(=O)NCc2ccc(Cl)cc2)ncn1. The minimum Gasteiger partial charge on any atom is -0.366 e. The topological polar surface area (TPSA) is 66.9 Å². The molecule has 26 heavy (non-hydrogen) atoms. The molecule has 3 rings (SSSR count). The zero-order valence-corrected chi connectivity index (χ0v) is 15.1. The summed E-state index contributed by atoms with van der Waals surface area (Å²) in [6.07, 6.45) is 1.39. The van der Waals surface area contributed by atoms with Crippen LogP contribution in [0.3, 0.4) is 0 Å². The third-order valence-corrected chi connectivity index (χ3v) is 4.24. The van der Waals surface area contributed by atoms with Gasteiger partial charge in [0, 0.05) is 24.2 Å². The molecule has 5 nitrogen and oxygen atoms in total. The van der Waals surface area contributed by atoms with Crippen molar-refractivity contribution in [3.63, 3.8) is 0 Å². The fraction of sp³-hybridized carbons (Fsp3) is 0.150. The molecule has 0 unspecified atom stereocenters. The first-order valence-corrected chi connectivity index (χ1v) is 8.62. The van der Waals surface area contributed by atoms with Gasteiger partial charge in [-0.25, -0.2) is 9.97 Å². The van der Waals surface area contributed by atoms with Gasteiger partial charge in [-0.15, -0.1) is 0 Å². The number of benzene rings is 2. The van der Waals surface area contributed by atoms with Crippen molar-refractivity contribution in [2.45, 2.75) is 20.0 Å². The first-order chi connectivity index (χ1) is 12.6. The lowest BCUT2D eigenvalue weighted by Gasteiger charge is -2.09. The van der Waals surface area contributed by atoms with Gasteiger partial charge in [-0.05, 0) is 35.7 Å². The molecule has 0 bridgehead atoms. The van der Waals surface area contributed by atoms with E-state index in [1.165, 1.54) is 17.5 Å². The maximum absolute atomic E-state index is 12.3. The Morgan fingerprint density at radius 3 is 2.58 bits per heavy atom.